The van der Waals surface area contributed by atoms with E-state index in [0.717, 1.165) is 61.7 Å². The molecule has 0 saturated heterocycles. The molecule has 1 unspecified atom stereocenters. The minimum atomic E-state index is -3.94. The second-order valence-corrected chi connectivity index (χ2v) is 16.9. The van der Waals surface area contributed by atoms with Gasteiger partial charge in [0.15, 0.2) is 0 Å². The molecule has 0 aliphatic carbocycles. The van der Waals surface area contributed by atoms with Crippen LogP contribution in [0.2, 0.25) is 0 Å². The van der Waals surface area contributed by atoms with E-state index in [1.807, 2.05) is 143 Å². The third-order valence-corrected chi connectivity index (χ3v) is 13.8. The Morgan fingerprint density at radius 3 is 1.41 bits per heavy atom. The number of benzene rings is 8. The average Bonchev–Trinajstić information content (AvgIpc) is 3.79. The van der Waals surface area contributed by atoms with Crippen LogP contribution in [0.1, 0.15) is 0 Å². The fraction of sp³-hybridized carbons (Fsp3) is 0. The molecule has 1 atom stereocenters. The smallest absolute Gasteiger partial charge is 0.309 e. The number of para-hydroxylation sites is 4. The van der Waals surface area contributed by atoms with Gasteiger partial charge in [-0.25, -0.2) is 9.97 Å². The number of hydrogen-bond donors (Lipinski definition) is 0. The minimum absolute atomic E-state index is 0.248. The highest BCUT2D eigenvalue weighted by Gasteiger charge is 2.51. The summed E-state index contributed by atoms with van der Waals surface area (Å²) in [5.74, 6) is 0. The molecule has 3 heterocycles. The fourth-order valence-electron chi connectivity index (χ4n) is 8.43. The van der Waals surface area contributed by atoms with Gasteiger partial charge in [-0.3, -0.25) is 13.9 Å². The SMILES string of the molecule is O=P1(c2nc(-c3ccccc3)cc(-c3ccccc3)n2)N(c2ccccc2)c2ccc(-c3ccc4c(c3)c3ccccc3n4-c3ccccc3)cc2N1c1ccccc1. The molecular weight excluding hydrogens is 742 g/mol. The Kier molecular flexibility index (Phi) is 8.31. The molecular formula is C52H36N5OP. The monoisotopic (exact) mass is 777 g/mol. The van der Waals surface area contributed by atoms with Gasteiger partial charge < -0.3 is 4.57 Å². The van der Waals surface area contributed by atoms with E-state index in [9.17, 15) is 0 Å². The molecule has 7 heteroatoms. The van der Waals surface area contributed by atoms with E-state index in [1.165, 1.54) is 10.8 Å². The number of rotatable bonds is 7. The summed E-state index contributed by atoms with van der Waals surface area (Å²) in [6.07, 6.45) is 0. The summed E-state index contributed by atoms with van der Waals surface area (Å²) in [6, 6.07) is 74.2. The second kappa shape index (κ2) is 14.1. The summed E-state index contributed by atoms with van der Waals surface area (Å²) in [6.45, 7) is 0. The largest absolute Gasteiger partial charge is 0.338 e. The molecule has 10 aromatic rings. The Hall–Kier alpha value is -7.53. The molecule has 280 valence electrons. The normalized spacial score (nSPS) is 14.8. The number of nitrogens with zero attached hydrogens (tertiary/aromatic N) is 5. The van der Waals surface area contributed by atoms with E-state index in [1.54, 1.807) is 0 Å². The van der Waals surface area contributed by atoms with E-state index in [-0.39, 0.29) is 5.57 Å². The van der Waals surface area contributed by atoms with E-state index in [2.05, 4.69) is 89.5 Å². The summed E-state index contributed by atoms with van der Waals surface area (Å²) in [5.41, 5.74) is 12.1. The number of anilines is 4. The Labute approximate surface area is 342 Å². The molecule has 0 fully saturated rings. The van der Waals surface area contributed by atoms with Crippen molar-refractivity contribution in [2.45, 2.75) is 0 Å². The van der Waals surface area contributed by atoms with Crippen molar-refractivity contribution in [2.24, 2.45) is 0 Å². The van der Waals surface area contributed by atoms with Crippen LogP contribution in [0.15, 0.2) is 218 Å². The van der Waals surface area contributed by atoms with Crippen molar-refractivity contribution < 1.29 is 4.57 Å². The van der Waals surface area contributed by atoms with Crippen LogP contribution < -0.4 is 14.9 Å². The molecule has 8 aromatic carbocycles. The van der Waals surface area contributed by atoms with Crippen LogP contribution in [-0.2, 0) is 4.57 Å². The summed E-state index contributed by atoms with van der Waals surface area (Å²) in [7, 11) is -3.94. The zero-order valence-electron chi connectivity index (χ0n) is 31.9. The quantitative estimate of drug-likeness (QED) is 0.151. The van der Waals surface area contributed by atoms with E-state index in [0.29, 0.717) is 11.4 Å². The van der Waals surface area contributed by atoms with Gasteiger partial charge in [0.05, 0.1) is 33.8 Å². The third-order valence-electron chi connectivity index (χ3n) is 11.1. The molecule has 1 aliphatic rings. The highest BCUT2D eigenvalue weighted by molar-refractivity contribution is 7.75. The van der Waals surface area contributed by atoms with Gasteiger partial charge in [-0.1, -0.05) is 146 Å². The third kappa shape index (κ3) is 5.76. The highest BCUT2D eigenvalue weighted by atomic mass is 31.2. The standard InChI is InChI=1S/C52H36N5OP/c58-59(52-53-46(37-18-6-1-7-19-37)36-47(54-52)38-20-8-2-9-21-38)56(42-24-12-4-13-25-42)50-33-31-40(35-51(50)57(59)43-26-14-5-15-27-43)39-30-32-49-45(34-39)44-28-16-17-29-48(44)55(49)41-22-10-3-11-23-41/h1-36H. The second-order valence-electron chi connectivity index (χ2n) is 14.6. The first-order valence-electron chi connectivity index (χ1n) is 19.7. The zero-order chi connectivity index (χ0) is 39.3. The first kappa shape index (κ1) is 34.7. The van der Waals surface area contributed by atoms with Crippen molar-refractivity contribution in [3.63, 3.8) is 0 Å². The average molecular weight is 778 g/mol. The Morgan fingerprint density at radius 2 is 0.814 bits per heavy atom. The molecule has 0 saturated carbocycles. The molecule has 1 aliphatic heterocycles. The topological polar surface area (TPSA) is 54.3 Å². The maximum atomic E-state index is 16.9. The zero-order valence-corrected chi connectivity index (χ0v) is 32.8. The predicted octanol–water partition coefficient (Wildman–Crippen LogP) is 13.4. The Balaban J connectivity index is 1.15. The van der Waals surface area contributed by atoms with Crippen molar-refractivity contribution in [2.75, 3.05) is 9.34 Å². The predicted molar refractivity (Wildman–Crippen MR) is 244 cm³/mol. The highest BCUT2D eigenvalue weighted by Crippen LogP contribution is 2.70. The van der Waals surface area contributed by atoms with Crippen molar-refractivity contribution in [1.29, 1.82) is 0 Å². The number of fused-ring (bicyclic) bond motifs is 4. The number of hydrogen-bond acceptors (Lipinski definition) is 3. The molecule has 0 radical (unpaired) electrons. The Bertz CT molecular complexity index is 3130. The molecule has 2 aromatic heterocycles. The lowest BCUT2D eigenvalue weighted by Crippen LogP contribution is -2.31. The summed E-state index contributed by atoms with van der Waals surface area (Å²) >= 11 is 0. The van der Waals surface area contributed by atoms with Gasteiger partial charge in [-0.15, -0.1) is 0 Å². The van der Waals surface area contributed by atoms with Gasteiger partial charge in [0, 0.05) is 39.0 Å². The van der Waals surface area contributed by atoms with Gasteiger partial charge in [-0.2, -0.15) is 0 Å². The van der Waals surface area contributed by atoms with Crippen molar-refractivity contribution in [3.8, 4) is 39.3 Å². The molecule has 0 bridgehead atoms. The van der Waals surface area contributed by atoms with Crippen LogP contribution in [0.5, 0.6) is 0 Å². The summed E-state index contributed by atoms with van der Waals surface area (Å²) in [5, 5.41) is 2.35. The van der Waals surface area contributed by atoms with Crippen LogP contribution in [0.3, 0.4) is 0 Å². The first-order valence-corrected chi connectivity index (χ1v) is 21.3. The van der Waals surface area contributed by atoms with Gasteiger partial charge in [0.1, 0.15) is 0 Å². The Morgan fingerprint density at radius 1 is 0.356 bits per heavy atom. The van der Waals surface area contributed by atoms with Crippen molar-refractivity contribution >= 4 is 57.6 Å². The van der Waals surface area contributed by atoms with Crippen molar-refractivity contribution in [3.05, 3.63) is 218 Å². The number of aromatic nitrogens is 3. The molecule has 11 rings (SSSR count). The summed E-state index contributed by atoms with van der Waals surface area (Å²) in [4.78, 5) is 10.5. The van der Waals surface area contributed by atoms with Gasteiger partial charge >= 0.3 is 7.44 Å². The van der Waals surface area contributed by atoms with Gasteiger partial charge in [-0.05, 0) is 83.9 Å². The van der Waals surface area contributed by atoms with Crippen LogP contribution in [0.25, 0.3) is 61.1 Å². The molecule has 0 N–H and O–H groups in total. The maximum absolute atomic E-state index is 16.9. The first-order chi connectivity index (χ1) is 29.1. The van der Waals surface area contributed by atoms with E-state index >= 15 is 4.57 Å². The molecule has 0 amide bonds. The van der Waals surface area contributed by atoms with Crippen LogP contribution in [0.4, 0.5) is 22.7 Å². The van der Waals surface area contributed by atoms with Gasteiger partial charge in [0.2, 0.25) is 5.57 Å². The minimum Gasteiger partial charge on any atom is -0.309 e. The van der Waals surface area contributed by atoms with Crippen LogP contribution in [-0.4, -0.2) is 14.5 Å². The maximum Gasteiger partial charge on any atom is 0.338 e. The van der Waals surface area contributed by atoms with Crippen molar-refractivity contribution in [1.82, 2.24) is 14.5 Å². The molecule has 59 heavy (non-hydrogen) atoms. The van der Waals surface area contributed by atoms with Crippen LogP contribution in [0, 0.1) is 0 Å². The van der Waals surface area contributed by atoms with Crippen LogP contribution >= 0.6 is 7.44 Å². The molecule has 6 nitrogen and oxygen atoms in total. The van der Waals surface area contributed by atoms with Gasteiger partial charge in [0.25, 0.3) is 0 Å². The lowest BCUT2D eigenvalue weighted by atomic mass is 10.0. The van der Waals surface area contributed by atoms with E-state index in [4.69, 9.17) is 9.97 Å². The lowest BCUT2D eigenvalue weighted by Gasteiger charge is -2.32. The fourth-order valence-corrected chi connectivity index (χ4v) is 11.2. The molecule has 0 spiro atoms. The summed E-state index contributed by atoms with van der Waals surface area (Å²) < 4.78 is 23.2. The van der Waals surface area contributed by atoms with E-state index < -0.39 is 7.44 Å². The lowest BCUT2D eigenvalue weighted by molar-refractivity contribution is 0.581.